The van der Waals surface area contributed by atoms with Gasteiger partial charge >= 0.3 is 0 Å². The SMILES string of the molecule is COc1ccc(CN2C[C@H](C(=O)N(C)CCc3noc(-c4ccc(C)cc4)n3)CC2=O)cc1. The molecule has 1 aliphatic rings. The predicted molar refractivity (Wildman–Crippen MR) is 122 cm³/mol. The van der Waals surface area contributed by atoms with Crippen molar-refractivity contribution in [2.75, 3.05) is 27.2 Å². The number of amides is 2. The minimum absolute atomic E-state index is 0.00141. The summed E-state index contributed by atoms with van der Waals surface area (Å²) in [6.07, 6.45) is 0.715. The first-order valence-corrected chi connectivity index (χ1v) is 11.0. The molecule has 2 aromatic carbocycles. The molecule has 0 N–H and O–H groups in total. The smallest absolute Gasteiger partial charge is 0.257 e. The third-order valence-electron chi connectivity index (χ3n) is 5.91. The maximum Gasteiger partial charge on any atom is 0.257 e. The maximum absolute atomic E-state index is 12.9. The van der Waals surface area contributed by atoms with Crippen LogP contribution in [-0.4, -0.2) is 59.0 Å². The van der Waals surface area contributed by atoms with Crippen molar-refractivity contribution in [1.82, 2.24) is 19.9 Å². The Labute approximate surface area is 193 Å². The van der Waals surface area contributed by atoms with Crippen molar-refractivity contribution >= 4 is 11.8 Å². The highest BCUT2D eigenvalue weighted by Crippen LogP contribution is 2.23. The Balaban J connectivity index is 1.29. The van der Waals surface area contributed by atoms with Crippen molar-refractivity contribution in [1.29, 1.82) is 0 Å². The standard InChI is InChI=1S/C25H28N4O4/c1-17-4-8-19(9-5-17)24-26-22(27-33-24)12-13-28(2)25(31)20-14-23(30)29(16-20)15-18-6-10-21(32-3)11-7-18/h4-11,20H,12-16H2,1-3H3/t20-/m1/s1. The van der Waals surface area contributed by atoms with E-state index in [0.717, 1.165) is 22.4 Å². The lowest BCUT2D eigenvalue weighted by atomic mass is 10.1. The van der Waals surface area contributed by atoms with Crippen LogP contribution >= 0.6 is 0 Å². The Morgan fingerprint density at radius 2 is 1.91 bits per heavy atom. The van der Waals surface area contributed by atoms with E-state index in [4.69, 9.17) is 9.26 Å². The Bertz CT molecular complexity index is 1110. The van der Waals surface area contributed by atoms with E-state index in [0.29, 0.717) is 37.8 Å². The number of nitrogens with zero attached hydrogens (tertiary/aromatic N) is 4. The van der Waals surface area contributed by atoms with E-state index in [2.05, 4.69) is 10.1 Å². The number of carbonyl (C=O) groups is 2. The highest BCUT2D eigenvalue weighted by atomic mass is 16.5. The number of likely N-dealkylation sites (N-methyl/N-ethyl adjacent to an activating group) is 1. The van der Waals surface area contributed by atoms with Gasteiger partial charge in [0.25, 0.3) is 5.89 Å². The molecule has 0 spiro atoms. The summed E-state index contributed by atoms with van der Waals surface area (Å²) in [7, 11) is 3.37. The zero-order valence-corrected chi connectivity index (χ0v) is 19.2. The molecule has 0 radical (unpaired) electrons. The predicted octanol–water partition coefficient (Wildman–Crippen LogP) is 3.10. The van der Waals surface area contributed by atoms with Gasteiger partial charge in [-0.05, 0) is 36.8 Å². The molecule has 3 aromatic rings. The molecule has 33 heavy (non-hydrogen) atoms. The molecule has 0 saturated carbocycles. The van der Waals surface area contributed by atoms with Crippen LogP contribution in [-0.2, 0) is 22.6 Å². The third kappa shape index (κ3) is 5.39. The first-order chi connectivity index (χ1) is 15.9. The van der Waals surface area contributed by atoms with Crippen LogP contribution in [0, 0.1) is 12.8 Å². The summed E-state index contributed by atoms with van der Waals surface area (Å²) in [5.41, 5.74) is 3.03. The second-order valence-electron chi connectivity index (χ2n) is 8.41. The molecule has 4 rings (SSSR count). The van der Waals surface area contributed by atoms with E-state index in [9.17, 15) is 9.59 Å². The van der Waals surface area contributed by atoms with Gasteiger partial charge in [0.05, 0.1) is 13.0 Å². The van der Waals surface area contributed by atoms with Crippen LogP contribution in [0.5, 0.6) is 5.75 Å². The van der Waals surface area contributed by atoms with Crippen LogP contribution in [0.15, 0.2) is 53.1 Å². The lowest BCUT2D eigenvalue weighted by Crippen LogP contribution is -2.36. The highest BCUT2D eigenvalue weighted by molar-refractivity contribution is 5.89. The topological polar surface area (TPSA) is 88.8 Å². The number of hydrogen-bond donors (Lipinski definition) is 0. The van der Waals surface area contributed by atoms with Gasteiger partial charge < -0.3 is 19.1 Å². The summed E-state index contributed by atoms with van der Waals surface area (Å²) in [4.78, 5) is 33.2. The summed E-state index contributed by atoms with van der Waals surface area (Å²) in [5.74, 6) is 1.41. The average Bonchev–Trinajstić information content (AvgIpc) is 3.45. The fraction of sp³-hybridized carbons (Fsp3) is 0.360. The van der Waals surface area contributed by atoms with Gasteiger partial charge in [-0.15, -0.1) is 0 Å². The molecule has 2 heterocycles. The van der Waals surface area contributed by atoms with E-state index in [-0.39, 0.29) is 24.2 Å². The Morgan fingerprint density at radius 1 is 1.18 bits per heavy atom. The summed E-state index contributed by atoms with van der Waals surface area (Å²) < 4.78 is 10.5. The molecule has 1 aliphatic heterocycles. The molecule has 0 unspecified atom stereocenters. The van der Waals surface area contributed by atoms with E-state index in [1.54, 1.807) is 24.0 Å². The molecule has 1 atom stereocenters. The molecule has 1 fully saturated rings. The van der Waals surface area contributed by atoms with Gasteiger partial charge in [-0.1, -0.05) is 35.0 Å². The maximum atomic E-state index is 12.9. The second kappa shape index (κ2) is 9.85. The third-order valence-corrected chi connectivity index (χ3v) is 5.91. The van der Waals surface area contributed by atoms with Gasteiger partial charge in [-0.25, -0.2) is 0 Å². The van der Waals surface area contributed by atoms with Crippen LogP contribution in [0.3, 0.4) is 0 Å². The Hall–Kier alpha value is -3.68. The van der Waals surface area contributed by atoms with Gasteiger partial charge in [-0.3, -0.25) is 9.59 Å². The molecular weight excluding hydrogens is 420 g/mol. The van der Waals surface area contributed by atoms with Gasteiger partial charge in [0.2, 0.25) is 11.8 Å². The second-order valence-corrected chi connectivity index (χ2v) is 8.41. The molecular formula is C25H28N4O4. The first-order valence-electron chi connectivity index (χ1n) is 11.0. The average molecular weight is 449 g/mol. The summed E-state index contributed by atoms with van der Waals surface area (Å²) in [6, 6.07) is 15.5. The Kier molecular flexibility index (Phi) is 6.72. The van der Waals surface area contributed by atoms with Crippen LogP contribution < -0.4 is 4.74 Å². The number of aryl methyl sites for hydroxylation is 1. The lowest BCUT2D eigenvalue weighted by Gasteiger charge is -2.21. The van der Waals surface area contributed by atoms with E-state index in [1.165, 1.54) is 0 Å². The molecule has 0 bridgehead atoms. The van der Waals surface area contributed by atoms with Crippen molar-refractivity contribution < 1.29 is 18.8 Å². The number of aromatic nitrogens is 2. The minimum Gasteiger partial charge on any atom is -0.497 e. The van der Waals surface area contributed by atoms with Crippen LogP contribution in [0.25, 0.3) is 11.5 Å². The molecule has 172 valence electrons. The zero-order chi connectivity index (χ0) is 23.4. The number of rotatable bonds is 8. The van der Waals surface area contributed by atoms with E-state index >= 15 is 0 Å². The zero-order valence-electron chi connectivity index (χ0n) is 19.2. The quantitative estimate of drug-likeness (QED) is 0.526. The molecule has 1 aromatic heterocycles. The largest absolute Gasteiger partial charge is 0.497 e. The number of methoxy groups -OCH3 is 1. The summed E-state index contributed by atoms with van der Waals surface area (Å²) in [5, 5.41) is 4.03. The van der Waals surface area contributed by atoms with E-state index < -0.39 is 0 Å². The van der Waals surface area contributed by atoms with Crippen molar-refractivity contribution in [3.8, 4) is 17.2 Å². The Morgan fingerprint density at radius 3 is 2.61 bits per heavy atom. The number of carbonyl (C=O) groups excluding carboxylic acids is 2. The monoisotopic (exact) mass is 448 g/mol. The van der Waals surface area contributed by atoms with Crippen LogP contribution in [0.4, 0.5) is 0 Å². The lowest BCUT2D eigenvalue weighted by molar-refractivity contribution is -0.134. The molecule has 8 nitrogen and oxygen atoms in total. The van der Waals surface area contributed by atoms with Gasteiger partial charge in [0.1, 0.15) is 5.75 Å². The normalized spacial score (nSPS) is 15.7. The molecule has 0 aliphatic carbocycles. The minimum atomic E-state index is -0.339. The fourth-order valence-corrected chi connectivity index (χ4v) is 3.90. The number of likely N-dealkylation sites (tertiary alicyclic amines) is 1. The van der Waals surface area contributed by atoms with Crippen molar-refractivity contribution in [2.45, 2.75) is 26.3 Å². The number of benzene rings is 2. The molecule has 2 amide bonds. The highest BCUT2D eigenvalue weighted by Gasteiger charge is 2.35. The fourth-order valence-electron chi connectivity index (χ4n) is 3.90. The van der Waals surface area contributed by atoms with Crippen LogP contribution in [0.2, 0.25) is 0 Å². The summed E-state index contributed by atoms with van der Waals surface area (Å²) >= 11 is 0. The van der Waals surface area contributed by atoms with E-state index in [1.807, 2.05) is 55.5 Å². The number of hydrogen-bond acceptors (Lipinski definition) is 6. The molecule has 1 saturated heterocycles. The molecule has 8 heteroatoms. The van der Waals surface area contributed by atoms with Crippen molar-refractivity contribution in [2.24, 2.45) is 5.92 Å². The number of ether oxygens (including phenoxy) is 1. The van der Waals surface area contributed by atoms with Crippen molar-refractivity contribution in [3.63, 3.8) is 0 Å². The van der Waals surface area contributed by atoms with Crippen molar-refractivity contribution in [3.05, 3.63) is 65.5 Å². The summed E-state index contributed by atoms with van der Waals surface area (Å²) in [6.45, 7) is 3.38. The van der Waals surface area contributed by atoms with Gasteiger partial charge in [-0.2, -0.15) is 4.98 Å². The van der Waals surface area contributed by atoms with Crippen LogP contribution in [0.1, 0.15) is 23.4 Å². The van der Waals surface area contributed by atoms with Gasteiger partial charge in [0.15, 0.2) is 5.82 Å². The van der Waals surface area contributed by atoms with Gasteiger partial charge in [0, 0.05) is 45.1 Å². The first kappa shape index (κ1) is 22.5.